The number of imide groups is 1. The minimum absolute atomic E-state index is 0.262. The summed E-state index contributed by atoms with van der Waals surface area (Å²) in [5.74, 6) is -0.0281. The lowest BCUT2D eigenvalue weighted by Gasteiger charge is -2.22. The van der Waals surface area contributed by atoms with Crippen LogP contribution in [0.4, 0.5) is 4.79 Å². The number of ketones is 1. The Hall–Kier alpha value is -3.15. The number of nitrogens with zero attached hydrogens (tertiary/aromatic N) is 1. The molecule has 0 unspecified atom stereocenters. The fourth-order valence-electron chi connectivity index (χ4n) is 3.60. The van der Waals surface area contributed by atoms with Crippen molar-refractivity contribution in [2.45, 2.75) is 32.7 Å². The van der Waals surface area contributed by atoms with Gasteiger partial charge in [-0.3, -0.25) is 14.5 Å². The maximum absolute atomic E-state index is 13.0. The van der Waals surface area contributed by atoms with Crippen molar-refractivity contribution in [2.24, 2.45) is 0 Å². The van der Waals surface area contributed by atoms with Crippen LogP contribution < -0.4 is 10.1 Å². The minimum atomic E-state index is -1.13. The molecule has 0 saturated carbocycles. The van der Waals surface area contributed by atoms with Gasteiger partial charge in [-0.05, 0) is 38.0 Å². The van der Waals surface area contributed by atoms with E-state index in [-0.39, 0.29) is 18.7 Å². The van der Waals surface area contributed by atoms with Gasteiger partial charge in [-0.1, -0.05) is 42.0 Å². The van der Waals surface area contributed by atoms with Crippen LogP contribution in [0.3, 0.4) is 0 Å². The molecule has 1 aliphatic rings. The van der Waals surface area contributed by atoms with Gasteiger partial charge in [0.15, 0.2) is 5.78 Å². The minimum Gasteiger partial charge on any atom is -0.496 e. The van der Waals surface area contributed by atoms with Crippen molar-refractivity contribution in [2.75, 3.05) is 13.7 Å². The zero-order valence-electron chi connectivity index (χ0n) is 16.5. The van der Waals surface area contributed by atoms with E-state index < -0.39 is 17.5 Å². The first-order chi connectivity index (χ1) is 13.2. The van der Waals surface area contributed by atoms with Crippen LogP contribution in [0.2, 0.25) is 0 Å². The Balaban J connectivity index is 1.80. The van der Waals surface area contributed by atoms with E-state index in [1.54, 1.807) is 26.2 Å². The molecule has 0 aromatic heterocycles. The maximum atomic E-state index is 13.0. The Morgan fingerprint density at radius 2 is 1.86 bits per heavy atom. The zero-order chi connectivity index (χ0) is 20.5. The molecule has 2 aromatic rings. The van der Waals surface area contributed by atoms with Gasteiger partial charge in [0, 0.05) is 12.0 Å². The van der Waals surface area contributed by atoms with E-state index in [4.69, 9.17) is 4.74 Å². The molecular weight excluding hydrogens is 356 g/mol. The van der Waals surface area contributed by atoms with Crippen LogP contribution in [0, 0.1) is 13.8 Å². The molecule has 3 amide bonds. The standard InChI is InChI=1S/C22H24N2O4/c1-14-9-10-17(15(2)11-14)18(25)13-24-20(26)22(3,23-21(24)27)12-16-7-5-6-8-19(16)28-4/h5-11H,12-13H2,1-4H3,(H,23,27)/t22-/m1/s1. The molecule has 1 fully saturated rings. The normalized spacial score (nSPS) is 18.9. The predicted molar refractivity (Wildman–Crippen MR) is 106 cm³/mol. The van der Waals surface area contributed by atoms with Crippen molar-refractivity contribution < 1.29 is 19.1 Å². The van der Waals surface area contributed by atoms with Gasteiger partial charge in [-0.25, -0.2) is 4.79 Å². The van der Waals surface area contributed by atoms with E-state index in [1.807, 2.05) is 44.2 Å². The van der Waals surface area contributed by atoms with E-state index >= 15 is 0 Å². The van der Waals surface area contributed by atoms with Crippen molar-refractivity contribution in [3.05, 3.63) is 64.7 Å². The second kappa shape index (κ2) is 7.46. The lowest BCUT2D eigenvalue weighted by Crippen LogP contribution is -2.46. The van der Waals surface area contributed by atoms with Crippen LogP contribution >= 0.6 is 0 Å². The number of carbonyl (C=O) groups is 3. The molecule has 1 saturated heterocycles. The molecule has 0 aliphatic carbocycles. The van der Waals surface area contributed by atoms with E-state index in [9.17, 15) is 14.4 Å². The molecule has 1 heterocycles. The Kier molecular flexibility index (Phi) is 5.23. The molecule has 0 radical (unpaired) electrons. The highest BCUT2D eigenvalue weighted by atomic mass is 16.5. The number of hydrogen-bond acceptors (Lipinski definition) is 4. The third kappa shape index (κ3) is 3.63. The summed E-state index contributed by atoms with van der Waals surface area (Å²) in [5, 5.41) is 2.74. The summed E-state index contributed by atoms with van der Waals surface area (Å²) in [6, 6.07) is 12.3. The zero-order valence-corrected chi connectivity index (χ0v) is 16.5. The van der Waals surface area contributed by atoms with Crippen LogP contribution in [0.25, 0.3) is 0 Å². The monoisotopic (exact) mass is 380 g/mol. The molecule has 3 rings (SSSR count). The first-order valence-corrected chi connectivity index (χ1v) is 9.11. The van der Waals surface area contributed by atoms with Gasteiger partial charge in [0.25, 0.3) is 5.91 Å². The molecule has 28 heavy (non-hydrogen) atoms. The maximum Gasteiger partial charge on any atom is 0.325 e. The van der Waals surface area contributed by atoms with Gasteiger partial charge in [0.05, 0.1) is 13.7 Å². The number of urea groups is 1. The van der Waals surface area contributed by atoms with Crippen LogP contribution in [-0.4, -0.2) is 41.8 Å². The average Bonchev–Trinajstić information content (AvgIpc) is 2.85. The van der Waals surface area contributed by atoms with Gasteiger partial charge in [0.2, 0.25) is 0 Å². The summed E-state index contributed by atoms with van der Waals surface area (Å²) >= 11 is 0. The molecule has 1 N–H and O–H groups in total. The topological polar surface area (TPSA) is 75.7 Å². The number of amides is 3. The van der Waals surface area contributed by atoms with Crippen LogP contribution in [0.5, 0.6) is 5.75 Å². The highest BCUT2D eigenvalue weighted by Gasteiger charge is 2.48. The number of rotatable bonds is 6. The number of hydrogen-bond donors (Lipinski definition) is 1. The van der Waals surface area contributed by atoms with Gasteiger partial charge in [0.1, 0.15) is 11.3 Å². The lowest BCUT2D eigenvalue weighted by atomic mass is 9.92. The highest BCUT2D eigenvalue weighted by molar-refractivity contribution is 6.11. The van der Waals surface area contributed by atoms with Crippen molar-refractivity contribution in [1.29, 1.82) is 0 Å². The van der Waals surface area contributed by atoms with Crippen LogP contribution in [0.15, 0.2) is 42.5 Å². The molecule has 0 spiro atoms. The summed E-state index contributed by atoms with van der Waals surface area (Å²) in [7, 11) is 1.56. The Morgan fingerprint density at radius 1 is 1.14 bits per heavy atom. The van der Waals surface area contributed by atoms with Gasteiger partial charge in [-0.2, -0.15) is 0 Å². The van der Waals surface area contributed by atoms with E-state index in [0.29, 0.717) is 11.3 Å². The number of aryl methyl sites for hydroxylation is 2. The third-order valence-corrected chi connectivity index (χ3v) is 5.07. The smallest absolute Gasteiger partial charge is 0.325 e. The molecular formula is C22H24N2O4. The lowest BCUT2D eigenvalue weighted by molar-refractivity contribution is -0.130. The fourth-order valence-corrected chi connectivity index (χ4v) is 3.60. The second-order valence-electron chi connectivity index (χ2n) is 7.38. The second-order valence-corrected chi connectivity index (χ2v) is 7.38. The number of benzene rings is 2. The molecule has 1 atom stereocenters. The number of para-hydroxylation sites is 1. The largest absolute Gasteiger partial charge is 0.496 e. The summed E-state index contributed by atoms with van der Waals surface area (Å²) < 4.78 is 5.34. The number of Topliss-reactive ketones (excluding diaryl/α,β-unsaturated/α-hetero) is 1. The summed E-state index contributed by atoms with van der Waals surface area (Å²) in [6.45, 7) is 5.18. The Bertz CT molecular complexity index is 953. The van der Waals surface area contributed by atoms with Crippen molar-refractivity contribution in [1.82, 2.24) is 10.2 Å². The van der Waals surface area contributed by atoms with Gasteiger partial charge in [-0.15, -0.1) is 0 Å². The molecule has 1 aliphatic heterocycles. The first-order valence-electron chi connectivity index (χ1n) is 9.11. The predicted octanol–water partition coefficient (Wildman–Crippen LogP) is 3.05. The van der Waals surface area contributed by atoms with Crippen LogP contribution in [0.1, 0.15) is 34.0 Å². The van der Waals surface area contributed by atoms with E-state index in [2.05, 4.69) is 5.32 Å². The quantitative estimate of drug-likeness (QED) is 0.617. The summed E-state index contributed by atoms with van der Waals surface area (Å²) in [6.07, 6.45) is 0.274. The van der Waals surface area contributed by atoms with Gasteiger partial charge >= 0.3 is 6.03 Å². The number of carbonyl (C=O) groups excluding carboxylic acids is 3. The Labute approximate surface area is 164 Å². The van der Waals surface area contributed by atoms with Crippen molar-refractivity contribution in [3.63, 3.8) is 0 Å². The SMILES string of the molecule is COc1ccccc1C[C@@]1(C)NC(=O)N(CC(=O)c2ccc(C)cc2C)C1=O. The molecule has 0 bridgehead atoms. The van der Waals surface area contributed by atoms with E-state index in [1.165, 1.54) is 0 Å². The number of methoxy groups -OCH3 is 1. The highest BCUT2D eigenvalue weighted by Crippen LogP contribution is 2.27. The third-order valence-electron chi connectivity index (χ3n) is 5.07. The molecule has 146 valence electrons. The van der Waals surface area contributed by atoms with Gasteiger partial charge < -0.3 is 10.1 Å². The average molecular weight is 380 g/mol. The molecule has 2 aromatic carbocycles. The Morgan fingerprint density at radius 3 is 2.54 bits per heavy atom. The van der Waals surface area contributed by atoms with Crippen molar-refractivity contribution >= 4 is 17.7 Å². The summed E-state index contributed by atoms with van der Waals surface area (Å²) in [4.78, 5) is 39.2. The first kappa shape index (κ1) is 19.6. The number of nitrogens with one attached hydrogen (secondary N) is 1. The number of ether oxygens (including phenoxy) is 1. The molecule has 6 nitrogen and oxygen atoms in total. The molecule has 6 heteroatoms. The van der Waals surface area contributed by atoms with E-state index in [0.717, 1.165) is 21.6 Å². The fraction of sp³-hybridized carbons (Fsp3) is 0.318. The summed E-state index contributed by atoms with van der Waals surface area (Å²) in [5.41, 5.74) is 2.07. The van der Waals surface area contributed by atoms with Crippen molar-refractivity contribution in [3.8, 4) is 5.75 Å². The van der Waals surface area contributed by atoms with Crippen LogP contribution in [-0.2, 0) is 11.2 Å².